The van der Waals surface area contributed by atoms with E-state index in [9.17, 15) is 15.2 Å². The van der Waals surface area contributed by atoms with Gasteiger partial charge in [-0.25, -0.2) is 0 Å². The van der Waals surface area contributed by atoms with E-state index in [1.807, 2.05) is 0 Å². The average Bonchev–Trinajstić information content (AvgIpc) is 2.38. The lowest BCUT2D eigenvalue weighted by Crippen LogP contribution is -2.36. The number of hydrogen-bond acceptors (Lipinski definition) is 5. The van der Waals surface area contributed by atoms with Crippen LogP contribution in [0.4, 0.5) is 11.4 Å². The van der Waals surface area contributed by atoms with Crippen LogP contribution in [0.3, 0.4) is 0 Å². The molecule has 19 heavy (non-hydrogen) atoms. The van der Waals surface area contributed by atoms with Crippen LogP contribution in [0.5, 0.6) is 0 Å². The lowest BCUT2D eigenvalue weighted by Gasteiger charge is -2.31. The number of hydrogen-bond donors (Lipinski definition) is 2. The molecule has 0 radical (unpaired) electrons. The summed E-state index contributed by atoms with van der Waals surface area (Å²) in [4.78, 5) is 12.5. The van der Waals surface area contributed by atoms with Crippen molar-refractivity contribution in [1.29, 1.82) is 0 Å². The number of nitro groups is 1. The first kappa shape index (κ1) is 13.8. The lowest BCUT2D eigenvalue weighted by molar-refractivity contribution is -0.383. The Kier molecular flexibility index (Phi) is 4.34. The monoisotopic (exact) mass is 265 g/mol. The Labute approximate surface area is 112 Å². The number of rotatable bonds is 4. The van der Waals surface area contributed by atoms with Crippen molar-refractivity contribution < 1.29 is 10.0 Å². The van der Waals surface area contributed by atoms with E-state index in [0.717, 1.165) is 38.0 Å². The van der Waals surface area contributed by atoms with Gasteiger partial charge in [0.25, 0.3) is 5.69 Å². The fourth-order valence-electron chi connectivity index (χ4n) is 2.57. The van der Waals surface area contributed by atoms with E-state index in [1.165, 1.54) is 6.07 Å². The van der Waals surface area contributed by atoms with Crippen molar-refractivity contribution >= 4 is 11.4 Å². The highest BCUT2D eigenvalue weighted by Crippen LogP contribution is 2.24. The molecule has 1 fully saturated rings. The zero-order chi connectivity index (χ0) is 13.8. The van der Waals surface area contributed by atoms with Crippen molar-refractivity contribution in [2.75, 3.05) is 25.4 Å². The molecule has 1 aliphatic rings. The maximum absolute atomic E-state index is 10.7. The SMILES string of the molecule is Nc1cc(CN2CCCC(CO)C2)ccc1[N+](=O)[O-]. The third-order valence-electron chi connectivity index (χ3n) is 3.56. The smallest absolute Gasteiger partial charge is 0.292 e. The first-order valence-corrected chi connectivity index (χ1v) is 6.46. The van der Waals surface area contributed by atoms with Crippen molar-refractivity contribution in [3.05, 3.63) is 33.9 Å². The normalized spacial score (nSPS) is 20.4. The second-order valence-corrected chi connectivity index (χ2v) is 5.08. The molecule has 6 heteroatoms. The topological polar surface area (TPSA) is 92.6 Å². The second-order valence-electron chi connectivity index (χ2n) is 5.08. The minimum atomic E-state index is -0.470. The Bertz CT molecular complexity index is 464. The minimum absolute atomic E-state index is 0.0457. The second kappa shape index (κ2) is 5.99. The summed E-state index contributed by atoms with van der Waals surface area (Å²) in [7, 11) is 0. The molecule has 1 aliphatic heterocycles. The number of aliphatic hydroxyl groups is 1. The highest BCUT2D eigenvalue weighted by molar-refractivity contribution is 5.59. The fourth-order valence-corrected chi connectivity index (χ4v) is 2.57. The van der Waals surface area contributed by atoms with Crippen LogP contribution in [0.15, 0.2) is 18.2 Å². The van der Waals surface area contributed by atoms with Crippen molar-refractivity contribution in [2.24, 2.45) is 5.92 Å². The van der Waals surface area contributed by atoms with Gasteiger partial charge >= 0.3 is 0 Å². The number of piperidine rings is 1. The number of likely N-dealkylation sites (tertiary alicyclic amines) is 1. The predicted octanol–water partition coefficient (Wildman–Crippen LogP) is 1.38. The number of nitrogens with two attached hydrogens (primary N) is 1. The standard InChI is InChI=1S/C13H19N3O3/c14-12-6-10(3-4-13(12)16(18)19)7-15-5-1-2-11(8-15)9-17/h3-4,6,11,17H,1-2,5,7-9,14H2. The van der Waals surface area contributed by atoms with E-state index >= 15 is 0 Å². The van der Waals surface area contributed by atoms with Gasteiger partial charge in [0.2, 0.25) is 0 Å². The van der Waals surface area contributed by atoms with Gasteiger partial charge in [0.1, 0.15) is 5.69 Å². The van der Waals surface area contributed by atoms with Crippen LogP contribution in [0.1, 0.15) is 18.4 Å². The lowest BCUT2D eigenvalue weighted by atomic mass is 9.98. The van der Waals surface area contributed by atoms with Crippen molar-refractivity contribution in [1.82, 2.24) is 4.90 Å². The quantitative estimate of drug-likeness (QED) is 0.487. The van der Waals surface area contributed by atoms with Gasteiger partial charge in [-0.1, -0.05) is 6.07 Å². The molecule has 1 heterocycles. The summed E-state index contributed by atoms with van der Waals surface area (Å²) >= 11 is 0. The molecule has 1 saturated heterocycles. The summed E-state index contributed by atoms with van der Waals surface area (Å²) < 4.78 is 0. The molecular formula is C13H19N3O3. The zero-order valence-electron chi connectivity index (χ0n) is 10.8. The number of nitrogen functional groups attached to an aromatic ring is 1. The molecule has 0 bridgehead atoms. The molecule has 0 aromatic heterocycles. The summed E-state index contributed by atoms with van der Waals surface area (Å²) in [6.45, 7) is 2.80. The number of aliphatic hydroxyl groups excluding tert-OH is 1. The van der Waals surface area contributed by atoms with Crippen LogP contribution in [-0.2, 0) is 6.54 Å². The minimum Gasteiger partial charge on any atom is -0.396 e. The van der Waals surface area contributed by atoms with Gasteiger partial charge in [0.15, 0.2) is 0 Å². The van der Waals surface area contributed by atoms with Crippen molar-refractivity contribution in [2.45, 2.75) is 19.4 Å². The molecule has 104 valence electrons. The summed E-state index contributed by atoms with van der Waals surface area (Å²) in [6.07, 6.45) is 2.14. The maximum Gasteiger partial charge on any atom is 0.292 e. The summed E-state index contributed by atoms with van der Waals surface area (Å²) in [5, 5.41) is 19.9. The van der Waals surface area contributed by atoms with Gasteiger partial charge in [-0.15, -0.1) is 0 Å². The van der Waals surface area contributed by atoms with Gasteiger partial charge in [-0.3, -0.25) is 15.0 Å². The van der Waals surface area contributed by atoms with Gasteiger partial charge < -0.3 is 10.8 Å². The largest absolute Gasteiger partial charge is 0.396 e. The number of nitro benzene ring substituents is 1. The Morgan fingerprint density at radius 1 is 1.53 bits per heavy atom. The van der Waals surface area contributed by atoms with E-state index in [1.54, 1.807) is 12.1 Å². The zero-order valence-corrected chi connectivity index (χ0v) is 10.8. The van der Waals surface area contributed by atoms with E-state index in [2.05, 4.69) is 4.90 Å². The van der Waals surface area contributed by atoms with Crippen LogP contribution in [0, 0.1) is 16.0 Å². The molecule has 6 nitrogen and oxygen atoms in total. The maximum atomic E-state index is 10.7. The third kappa shape index (κ3) is 3.42. The van der Waals surface area contributed by atoms with Crippen LogP contribution in [-0.4, -0.2) is 34.6 Å². The number of anilines is 1. The summed E-state index contributed by atoms with van der Waals surface area (Å²) in [5.74, 6) is 0.337. The molecule has 0 aliphatic carbocycles. The molecule has 1 unspecified atom stereocenters. The molecule has 0 amide bonds. The summed E-state index contributed by atoms with van der Waals surface area (Å²) in [5.41, 5.74) is 6.82. The molecule has 0 saturated carbocycles. The predicted molar refractivity (Wildman–Crippen MR) is 72.6 cm³/mol. The molecule has 0 spiro atoms. The van der Waals surface area contributed by atoms with E-state index < -0.39 is 4.92 Å². The van der Waals surface area contributed by atoms with Crippen LogP contribution >= 0.6 is 0 Å². The Morgan fingerprint density at radius 2 is 2.32 bits per heavy atom. The highest BCUT2D eigenvalue weighted by Gasteiger charge is 2.20. The van der Waals surface area contributed by atoms with E-state index in [0.29, 0.717) is 5.92 Å². The van der Waals surface area contributed by atoms with Gasteiger partial charge in [0, 0.05) is 25.8 Å². The van der Waals surface area contributed by atoms with Gasteiger partial charge in [-0.2, -0.15) is 0 Å². The molecule has 1 aromatic carbocycles. The fraction of sp³-hybridized carbons (Fsp3) is 0.538. The molecule has 1 aromatic rings. The van der Waals surface area contributed by atoms with E-state index in [4.69, 9.17) is 5.73 Å². The summed E-state index contributed by atoms with van der Waals surface area (Å²) in [6, 6.07) is 4.87. The first-order valence-electron chi connectivity index (χ1n) is 6.46. The molecular weight excluding hydrogens is 246 g/mol. The Hall–Kier alpha value is -1.66. The molecule has 1 atom stereocenters. The first-order chi connectivity index (χ1) is 9.10. The van der Waals surface area contributed by atoms with Crippen LogP contribution < -0.4 is 5.73 Å². The molecule has 3 N–H and O–H groups in total. The number of nitrogens with zero attached hydrogens (tertiary/aromatic N) is 2. The van der Waals surface area contributed by atoms with Crippen molar-refractivity contribution in [3.63, 3.8) is 0 Å². The van der Waals surface area contributed by atoms with Gasteiger partial charge in [-0.05, 0) is 36.9 Å². The van der Waals surface area contributed by atoms with Gasteiger partial charge in [0.05, 0.1) is 4.92 Å². The Balaban J connectivity index is 2.03. The van der Waals surface area contributed by atoms with E-state index in [-0.39, 0.29) is 18.0 Å². The average molecular weight is 265 g/mol. The van der Waals surface area contributed by atoms with Crippen LogP contribution in [0.2, 0.25) is 0 Å². The number of benzene rings is 1. The third-order valence-corrected chi connectivity index (χ3v) is 3.56. The van der Waals surface area contributed by atoms with Crippen molar-refractivity contribution in [3.8, 4) is 0 Å². The highest BCUT2D eigenvalue weighted by atomic mass is 16.6. The van der Waals surface area contributed by atoms with Crippen LogP contribution in [0.25, 0.3) is 0 Å². The Morgan fingerprint density at radius 3 is 2.95 bits per heavy atom. The molecule has 2 rings (SSSR count).